The minimum absolute atomic E-state index is 0.175. The van der Waals surface area contributed by atoms with E-state index in [1.807, 2.05) is 20.8 Å². The molecule has 0 aliphatic carbocycles. The SMILES string of the molecule is C/C(=N\OC(=O)C1(C)CC(C(C)(C)C)=NO1)c1cc(Cl)ccc1Cl. The van der Waals surface area contributed by atoms with Gasteiger partial charge in [0.1, 0.15) is 0 Å². The molecule has 1 heterocycles. The summed E-state index contributed by atoms with van der Waals surface area (Å²) in [7, 11) is 0. The molecule has 0 radical (unpaired) electrons. The standard InChI is InChI=1S/C17H20Cl2N2O3/c1-10(12-8-11(18)6-7-13(12)19)20-23-15(22)17(5)9-14(21-24-17)16(2,3)4/h6-8H,9H2,1-5H3/b20-10+. The van der Waals surface area contributed by atoms with E-state index in [1.54, 1.807) is 32.0 Å². The van der Waals surface area contributed by atoms with Gasteiger partial charge in [-0.1, -0.05) is 54.3 Å². The van der Waals surface area contributed by atoms with Crippen LogP contribution in [-0.4, -0.2) is 23.0 Å². The summed E-state index contributed by atoms with van der Waals surface area (Å²) in [4.78, 5) is 22.7. The number of hydrogen-bond acceptors (Lipinski definition) is 5. The summed E-state index contributed by atoms with van der Waals surface area (Å²) in [6.07, 6.45) is 0.363. The second kappa shape index (κ2) is 6.73. The molecule has 0 saturated carbocycles. The second-order valence-corrected chi connectivity index (χ2v) is 7.81. The molecular weight excluding hydrogens is 351 g/mol. The van der Waals surface area contributed by atoms with Crippen LogP contribution in [0.4, 0.5) is 0 Å². The fourth-order valence-corrected chi connectivity index (χ4v) is 2.51. The lowest BCUT2D eigenvalue weighted by molar-refractivity contribution is -0.167. The van der Waals surface area contributed by atoms with E-state index < -0.39 is 11.6 Å². The Morgan fingerprint density at radius 3 is 2.62 bits per heavy atom. The lowest BCUT2D eigenvalue weighted by atomic mass is 9.84. The van der Waals surface area contributed by atoms with Crippen LogP contribution in [0.25, 0.3) is 0 Å². The van der Waals surface area contributed by atoms with Gasteiger partial charge in [0.15, 0.2) is 0 Å². The van der Waals surface area contributed by atoms with Gasteiger partial charge in [-0.2, -0.15) is 0 Å². The molecule has 0 aromatic heterocycles. The fourth-order valence-electron chi connectivity index (χ4n) is 2.08. The van der Waals surface area contributed by atoms with Crippen molar-refractivity contribution in [2.75, 3.05) is 0 Å². The minimum atomic E-state index is -1.18. The van der Waals surface area contributed by atoms with E-state index in [2.05, 4.69) is 10.3 Å². The third-order valence-electron chi connectivity index (χ3n) is 3.74. The average Bonchev–Trinajstić information content (AvgIpc) is 2.91. The van der Waals surface area contributed by atoms with Gasteiger partial charge in [-0.05, 0) is 32.0 Å². The van der Waals surface area contributed by atoms with Crippen molar-refractivity contribution >= 4 is 40.6 Å². The van der Waals surface area contributed by atoms with Crippen molar-refractivity contribution in [3.8, 4) is 0 Å². The predicted molar refractivity (Wildman–Crippen MR) is 95.8 cm³/mol. The molecule has 1 aromatic rings. The maximum Gasteiger partial charge on any atom is 0.381 e. The van der Waals surface area contributed by atoms with Crippen molar-refractivity contribution in [3.63, 3.8) is 0 Å². The van der Waals surface area contributed by atoms with Crippen LogP contribution in [0, 0.1) is 5.41 Å². The van der Waals surface area contributed by atoms with E-state index >= 15 is 0 Å². The third kappa shape index (κ3) is 4.08. The van der Waals surface area contributed by atoms with E-state index in [1.165, 1.54) is 0 Å². The van der Waals surface area contributed by atoms with Gasteiger partial charge in [0, 0.05) is 27.4 Å². The Hall–Kier alpha value is -1.59. The van der Waals surface area contributed by atoms with E-state index in [4.69, 9.17) is 32.9 Å². The Balaban J connectivity index is 2.09. The van der Waals surface area contributed by atoms with Gasteiger partial charge in [-0.25, -0.2) is 4.79 Å². The van der Waals surface area contributed by atoms with E-state index in [9.17, 15) is 4.79 Å². The number of carbonyl (C=O) groups is 1. The predicted octanol–water partition coefficient (Wildman–Crippen LogP) is 4.84. The van der Waals surface area contributed by atoms with Gasteiger partial charge < -0.3 is 9.68 Å². The quantitative estimate of drug-likeness (QED) is 0.434. The van der Waals surface area contributed by atoms with Crippen LogP contribution >= 0.6 is 23.2 Å². The zero-order valence-electron chi connectivity index (χ0n) is 14.3. The van der Waals surface area contributed by atoms with Crippen LogP contribution < -0.4 is 0 Å². The Kier molecular flexibility index (Phi) is 5.25. The van der Waals surface area contributed by atoms with Crippen molar-refractivity contribution in [3.05, 3.63) is 33.8 Å². The molecule has 7 heteroatoms. The van der Waals surface area contributed by atoms with Crippen molar-refractivity contribution in [2.24, 2.45) is 15.7 Å². The van der Waals surface area contributed by atoms with Crippen LogP contribution in [0.1, 0.15) is 46.6 Å². The molecule has 1 aliphatic heterocycles. The summed E-state index contributed by atoms with van der Waals surface area (Å²) >= 11 is 12.1. The fraction of sp³-hybridized carbons (Fsp3) is 0.471. The second-order valence-electron chi connectivity index (χ2n) is 6.97. The zero-order chi connectivity index (χ0) is 18.1. The van der Waals surface area contributed by atoms with Crippen LogP contribution in [0.15, 0.2) is 28.5 Å². The Bertz CT molecular complexity index is 723. The summed E-state index contributed by atoms with van der Waals surface area (Å²) in [5.41, 5.74) is 0.492. The average molecular weight is 371 g/mol. The first-order valence-corrected chi connectivity index (χ1v) is 8.25. The lowest BCUT2D eigenvalue weighted by Gasteiger charge is -2.20. The molecule has 1 aromatic carbocycles. The highest BCUT2D eigenvalue weighted by Crippen LogP contribution is 2.32. The number of carbonyl (C=O) groups excluding carboxylic acids is 1. The molecule has 0 spiro atoms. The topological polar surface area (TPSA) is 60.2 Å². The highest BCUT2D eigenvalue weighted by molar-refractivity contribution is 6.36. The van der Waals surface area contributed by atoms with E-state index in [0.717, 1.165) is 5.71 Å². The summed E-state index contributed by atoms with van der Waals surface area (Å²) in [5.74, 6) is -0.608. The molecule has 0 N–H and O–H groups in total. The Morgan fingerprint density at radius 1 is 1.38 bits per heavy atom. The van der Waals surface area contributed by atoms with E-state index in [0.29, 0.717) is 27.7 Å². The Labute approximate surface area is 151 Å². The molecule has 130 valence electrons. The van der Waals surface area contributed by atoms with Gasteiger partial charge in [0.25, 0.3) is 0 Å². The van der Waals surface area contributed by atoms with Gasteiger partial charge in [0.2, 0.25) is 5.60 Å². The first kappa shape index (κ1) is 18.7. The van der Waals surface area contributed by atoms with Crippen LogP contribution in [0.2, 0.25) is 10.0 Å². The van der Waals surface area contributed by atoms with Gasteiger partial charge >= 0.3 is 5.97 Å². The Morgan fingerprint density at radius 2 is 2.04 bits per heavy atom. The molecule has 5 nitrogen and oxygen atoms in total. The first-order valence-electron chi connectivity index (χ1n) is 7.50. The number of oxime groups is 2. The van der Waals surface area contributed by atoms with E-state index in [-0.39, 0.29) is 5.41 Å². The maximum absolute atomic E-state index is 12.3. The lowest BCUT2D eigenvalue weighted by Crippen LogP contribution is -2.37. The first-order chi connectivity index (χ1) is 11.0. The van der Waals surface area contributed by atoms with Gasteiger partial charge in [-0.3, -0.25) is 0 Å². The van der Waals surface area contributed by atoms with Crippen molar-refractivity contribution in [2.45, 2.75) is 46.6 Å². The molecule has 1 aliphatic rings. The van der Waals surface area contributed by atoms with Crippen molar-refractivity contribution in [1.82, 2.24) is 0 Å². The highest BCUT2D eigenvalue weighted by Gasteiger charge is 2.46. The van der Waals surface area contributed by atoms with Gasteiger partial charge in [0.05, 0.1) is 11.4 Å². The largest absolute Gasteiger partial charge is 0.381 e. The number of halogens is 2. The summed E-state index contributed by atoms with van der Waals surface area (Å²) in [6, 6.07) is 4.99. The molecule has 1 atom stereocenters. The van der Waals surface area contributed by atoms with Crippen LogP contribution in [-0.2, 0) is 14.5 Å². The molecule has 1 unspecified atom stereocenters. The summed E-state index contributed by atoms with van der Waals surface area (Å²) in [5, 5.41) is 8.88. The number of benzene rings is 1. The van der Waals surface area contributed by atoms with Crippen molar-refractivity contribution in [1.29, 1.82) is 0 Å². The highest BCUT2D eigenvalue weighted by atomic mass is 35.5. The number of nitrogens with zero attached hydrogens (tertiary/aromatic N) is 2. The monoisotopic (exact) mass is 370 g/mol. The molecule has 0 amide bonds. The molecule has 2 rings (SSSR count). The van der Waals surface area contributed by atoms with Gasteiger partial charge in [-0.15, -0.1) is 0 Å². The molecule has 0 fully saturated rings. The summed E-state index contributed by atoms with van der Waals surface area (Å²) < 4.78 is 0. The third-order valence-corrected chi connectivity index (χ3v) is 4.31. The molecule has 24 heavy (non-hydrogen) atoms. The minimum Gasteiger partial charge on any atom is -0.377 e. The van der Waals surface area contributed by atoms with Crippen molar-refractivity contribution < 1.29 is 14.5 Å². The molecular formula is C17H20Cl2N2O3. The molecule has 0 bridgehead atoms. The summed E-state index contributed by atoms with van der Waals surface area (Å²) in [6.45, 7) is 9.34. The normalized spacial score (nSPS) is 21.3. The molecule has 0 saturated heterocycles. The number of hydrogen-bond donors (Lipinski definition) is 0. The van der Waals surface area contributed by atoms with Crippen LogP contribution in [0.3, 0.4) is 0 Å². The smallest absolute Gasteiger partial charge is 0.377 e. The van der Waals surface area contributed by atoms with Crippen LogP contribution in [0.5, 0.6) is 0 Å². The number of rotatable bonds is 3. The maximum atomic E-state index is 12.3. The zero-order valence-corrected chi connectivity index (χ0v) is 15.8.